The molecule has 0 bridgehead atoms. The number of piperidine rings is 1. The maximum atomic E-state index is 11.9. The Kier molecular flexibility index (Phi) is 3.11. The van der Waals surface area contributed by atoms with E-state index in [1.165, 1.54) is 0 Å². The van der Waals surface area contributed by atoms with Gasteiger partial charge in [-0.2, -0.15) is 5.10 Å². The van der Waals surface area contributed by atoms with Crippen molar-refractivity contribution in [3.05, 3.63) is 5.69 Å². The van der Waals surface area contributed by atoms with Crippen molar-refractivity contribution in [3.63, 3.8) is 0 Å². The largest absolute Gasteiger partial charge is 0.394 e. The van der Waals surface area contributed by atoms with E-state index in [4.69, 9.17) is 5.73 Å². The van der Waals surface area contributed by atoms with Gasteiger partial charge in [0.2, 0.25) is 5.91 Å². The van der Waals surface area contributed by atoms with E-state index in [2.05, 4.69) is 29.2 Å². The zero-order valence-electron chi connectivity index (χ0n) is 12.4. The summed E-state index contributed by atoms with van der Waals surface area (Å²) in [6.07, 6.45) is 2.00. The smallest absolute Gasteiger partial charge is 0.225 e. The number of nitrogen functional groups attached to an aromatic ring is 1. The van der Waals surface area contributed by atoms with Gasteiger partial charge in [0.1, 0.15) is 0 Å². The first-order chi connectivity index (χ1) is 9.50. The summed E-state index contributed by atoms with van der Waals surface area (Å²) in [5, 5.41) is 7.54. The molecule has 3 N–H and O–H groups in total. The van der Waals surface area contributed by atoms with Crippen molar-refractivity contribution in [1.82, 2.24) is 15.1 Å². The molecule has 0 saturated carbocycles. The Morgan fingerprint density at radius 2 is 2.20 bits per heavy atom. The van der Waals surface area contributed by atoms with Gasteiger partial charge in [0.05, 0.1) is 23.3 Å². The van der Waals surface area contributed by atoms with Crippen molar-refractivity contribution in [2.24, 2.45) is 13.0 Å². The van der Waals surface area contributed by atoms with Crippen LogP contribution in [-0.4, -0.2) is 34.8 Å². The summed E-state index contributed by atoms with van der Waals surface area (Å²) in [5.41, 5.74) is 8.04. The molecule has 1 aromatic rings. The number of carbonyl (C=O) groups is 1. The lowest BCUT2D eigenvalue weighted by molar-refractivity contribution is -0.123. The van der Waals surface area contributed by atoms with Gasteiger partial charge in [-0.25, -0.2) is 0 Å². The Balaban J connectivity index is 1.98. The molecule has 2 aliphatic rings. The first-order valence-electron chi connectivity index (χ1n) is 7.37. The average molecular weight is 277 g/mol. The number of anilines is 2. The lowest BCUT2D eigenvalue weighted by atomic mass is 9.91. The maximum Gasteiger partial charge on any atom is 0.225 e. The van der Waals surface area contributed by atoms with Gasteiger partial charge in [0.15, 0.2) is 5.82 Å². The number of aromatic nitrogens is 2. The van der Waals surface area contributed by atoms with Crippen molar-refractivity contribution in [3.8, 4) is 0 Å². The highest BCUT2D eigenvalue weighted by Gasteiger charge is 2.42. The number of amides is 1. The normalized spacial score (nSPS) is 26.0. The van der Waals surface area contributed by atoms with E-state index in [1.807, 2.05) is 11.7 Å². The Labute approximate surface area is 119 Å². The lowest BCUT2D eigenvalue weighted by Gasteiger charge is -2.37. The molecule has 2 saturated heterocycles. The molecule has 3 heterocycles. The third-order valence-corrected chi connectivity index (χ3v) is 4.50. The van der Waals surface area contributed by atoms with Crippen molar-refractivity contribution < 1.29 is 4.79 Å². The Bertz CT molecular complexity index is 536. The minimum Gasteiger partial charge on any atom is -0.394 e. The molecular formula is C14H23N5O. The second-order valence-electron chi connectivity index (χ2n) is 6.16. The Hall–Kier alpha value is -1.72. The molecule has 20 heavy (non-hydrogen) atoms. The predicted molar refractivity (Wildman–Crippen MR) is 78.6 cm³/mol. The lowest BCUT2D eigenvalue weighted by Crippen LogP contribution is -2.46. The molecule has 0 aliphatic carbocycles. The van der Waals surface area contributed by atoms with E-state index in [0.717, 1.165) is 36.6 Å². The van der Waals surface area contributed by atoms with Crippen LogP contribution in [0.4, 0.5) is 11.5 Å². The fourth-order valence-electron chi connectivity index (χ4n) is 3.53. The predicted octanol–water partition coefficient (Wildman–Crippen LogP) is 0.841. The van der Waals surface area contributed by atoms with Crippen LogP contribution >= 0.6 is 0 Å². The van der Waals surface area contributed by atoms with Gasteiger partial charge >= 0.3 is 0 Å². The highest BCUT2D eigenvalue weighted by molar-refractivity contribution is 5.83. The Morgan fingerprint density at radius 1 is 1.45 bits per heavy atom. The molecule has 3 rings (SSSR count). The first kappa shape index (κ1) is 13.3. The zero-order chi connectivity index (χ0) is 14.4. The molecular weight excluding hydrogens is 254 g/mol. The number of rotatable bonds is 2. The van der Waals surface area contributed by atoms with Gasteiger partial charge in [-0.05, 0) is 18.8 Å². The van der Waals surface area contributed by atoms with E-state index in [1.54, 1.807) is 0 Å². The van der Waals surface area contributed by atoms with Crippen LogP contribution in [0, 0.1) is 5.92 Å². The van der Waals surface area contributed by atoms with Crippen LogP contribution in [0.25, 0.3) is 0 Å². The molecule has 110 valence electrons. The van der Waals surface area contributed by atoms with Gasteiger partial charge in [0.25, 0.3) is 0 Å². The SMILES string of the molecule is CC(C)c1nn(C)c(N2CCCC3C(=O)NCC32)c1N. The molecule has 2 atom stereocenters. The average Bonchev–Trinajstić information content (AvgIpc) is 2.91. The van der Waals surface area contributed by atoms with Crippen LogP contribution in [0.3, 0.4) is 0 Å². The van der Waals surface area contributed by atoms with Crippen LogP contribution in [0.2, 0.25) is 0 Å². The summed E-state index contributed by atoms with van der Waals surface area (Å²) < 4.78 is 1.87. The number of nitrogens with zero attached hydrogens (tertiary/aromatic N) is 3. The minimum absolute atomic E-state index is 0.0977. The van der Waals surface area contributed by atoms with Crippen LogP contribution in [-0.2, 0) is 11.8 Å². The summed E-state index contributed by atoms with van der Waals surface area (Å²) in [4.78, 5) is 14.2. The highest BCUT2D eigenvalue weighted by atomic mass is 16.2. The minimum atomic E-state index is 0.0977. The van der Waals surface area contributed by atoms with E-state index in [0.29, 0.717) is 12.5 Å². The molecule has 2 unspecified atom stereocenters. The number of fused-ring (bicyclic) bond motifs is 1. The van der Waals surface area contributed by atoms with Gasteiger partial charge in [0, 0.05) is 20.1 Å². The number of nitrogens with two attached hydrogens (primary N) is 1. The van der Waals surface area contributed by atoms with Gasteiger partial charge in [-0.3, -0.25) is 9.48 Å². The van der Waals surface area contributed by atoms with E-state index in [-0.39, 0.29) is 17.9 Å². The second-order valence-corrected chi connectivity index (χ2v) is 6.16. The molecule has 6 nitrogen and oxygen atoms in total. The van der Waals surface area contributed by atoms with Crippen molar-refractivity contribution >= 4 is 17.4 Å². The van der Waals surface area contributed by atoms with Gasteiger partial charge < -0.3 is 16.0 Å². The van der Waals surface area contributed by atoms with Crippen LogP contribution in [0.1, 0.15) is 38.3 Å². The number of carbonyl (C=O) groups excluding carboxylic acids is 1. The molecule has 0 spiro atoms. The maximum absolute atomic E-state index is 11.9. The summed E-state index contributed by atoms with van der Waals surface area (Å²) in [6, 6.07) is 0.217. The highest BCUT2D eigenvalue weighted by Crippen LogP contribution is 2.37. The van der Waals surface area contributed by atoms with Crippen molar-refractivity contribution in [2.45, 2.75) is 38.6 Å². The quantitative estimate of drug-likeness (QED) is 0.840. The number of aryl methyl sites for hydroxylation is 1. The fourth-order valence-corrected chi connectivity index (χ4v) is 3.53. The Morgan fingerprint density at radius 3 is 2.85 bits per heavy atom. The van der Waals surface area contributed by atoms with Crippen LogP contribution in [0.5, 0.6) is 0 Å². The summed E-state index contributed by atoms with van der Waals surface area (Å²) in [6.45, 7) is 5.85. The molecule has 2 aliphatic heterocycles. The molecule has 6 heteroatoms. The standard InChI is InChI=1S/C14H23N5O/c1-8(2)12-11(15)14(18(3)17-12)19-6-4-5-9-10(19)7-16-13(9)20/h8-10H,4-7,15H2,1-3H3,(H,16,20). The van der Waals surface area contributed by atoms with Gasteiger partial charge in [-0.1, -0.05) is 13.8 Å². The summed E-state index contributed by atoms with van der Waals surface area (Å²) in [7, 11) is 1.94. The zero-order valence-corrected chi connectivity index (χ0v) is 12.4. The number of hydrogen-bond donors (Lipinski definition) is 2. The van der Waals surface area contributed by atoms with Crippen molar-refractivity contribution in [1.29, 1.82) is 0 Å². The van der Waals surface area contributed by atoms with E-state index < -0.39 is 0 Å². The monoisotopic (exact) mass is 277 g/mol. The van der Waals surface area contributed by atoms with Crippen molar-refractivity contribution in [2.75, 3.05) is 23.7 Å². The molecule has 1 amide bonds. The molecule has 0 radical (unpaired) electrons. The third-order valence-electron chi connectivity index (χ3n) is 4.50. The second kappa shape index (κ2) is 4.68. The number of nitrogens with one attached hydrogen (secondary N) is 1. The fraction of sp³-hybridized carbons (Fsp3) is 0.714. The van der Waals surface area contributed by atoms with E-state index in [9.17, 15) is 4.79 Å². The summed E-state index contributed by atoms with van der Waals surface area (Å²) >= 11 is 0. The number of hydrogen-bond acceptors (Lipinski definition) is 4. The van der Waals surface area contributed by atoms with Crippen LogP contribution < -0.4 is 16.0 Å². The molecule has 0 aromatic carbocycles. The van der Waals surface area contributed by atoms with Crippen LogP contribution in [0.15, 0.2) is 0 Å². The topological polar surface area (TPSA) is 76.2 Å². The summed E-state index contributed by atoms with van der Waals surface area (Å²) in [5.74, 6) is 1.56. The first-order valence-corrected chi connectivity index (χ1v) is 7.37. The molecule has 2 fully saturated rings. The van der Waals surface area contributed by atoms with Gasteiger partial charge in [-0.15, -0.1) is 0 Å². The molecule has 1 aromatic heterocycles. The third kappa shape index (κ3) is 1.85. The van der Waals surface area contributed by atoms with E-state index >= 15 is 0 Å².